The van der Waals surface area contributed by atoms with Crippen LogP contribution in [-0.2, 0) is 6.54 Å². The van der Waals surface area contributed by atoms with Gasteiger partial charge in [0.2, 0.25) is 0 Å². The van der Waals surface area contributed by atoms with E-state index in [0.29, 0.717) is 28.7 Å². The number of hydrogen-bond acceptors (Lipinski definition) is 6. The molecule has 0 spiro atoms. The predicted molar refractivity (Wildman–Crippen MR) is 105 cm³/mol. The average molecular weight is 405 g/mol. The van der Waals surface area contributed by atoms with Gasteiger partial charge >= 0.3 is 0 Å². The summed E-state index contributed by atoms with van der Waals surface area (Å²) in [6.45, 7) is 2.50. The Morgan fingerprint density at radius 2 is 2.14 bits per heavy atom. The number of nitrogens with zero attached hydrogens (tertiary/aromatic N) is 4. The third kappa shape index (κ3) is 3.81. The van der Waals surface area contributed by atoms with Crippen molar-refractivity contribution in [1.82, 2.24) is 19.5 Å². The van der Waals surface area contributed by atoms with E-state index in [0.717, 1.165) is 24.2 Å². The van der Waals surface area contributed by atoms with Crippen molar-refractivity contribution in [3.05, 3.63) is 41.7 Å². The molecule has 28 heavy (non-hydrogen) atoms. The minimum Gasteiger partial charge on any atom is -0.395 e. The van der Waals surface area contributed by atoms with Gasteiger partial charge in [0.25, 0.3) is 0 Å². The summed E-state index contributed by atoms with van der Waals surface area (Å²) < 4.78 is 28.5. The van der Waals surface area contributed by atoms with Gasteiger partial charge in [-0.05, 0) is 30.5 Å². The maximum Gasteiger partial charge on any atom is 0.191 e. The first-order chi connectivity index (χ1) is 13.6. The lowest BCUT2D eigenvalue weighted by atomic mass is 10.1. The van der Waals surface area contributed by atoms with Crippen molar-refractivity contribution in [1.29, 1.82) is 0 Å². The van der Waals surface area contributed by atoms with Crippen molar-refractivity contribution in [3.63, 3.8) is 0 Å². The summed E-state index contributed by atoms with van der Waals surface area (Å²) in [5.41, 5.74) is 2.09. The fourth-order valence-corrected chi connectivity index (χ4v) is 3.89. The van der Waals surface area contributed by atoms with Gasteiger partial charge in [0.15, 0.2) is 33.8 Å². The van der Waals surface area contributed by atoms with Crippen LogP contribution < -0.4 is 5.32 Å². The van der Waals surface area contributed by atoms with Gasteiger partial charge in [0, 0.05) is 24.3 Å². The second-order valence-electron chi connectivity index (χ2n) is 6.80. The Kier molecular flexibility index (Phi) is 5.45. The molecular weight excluding hydrogens is 384 g/mol. The van der Waals surface area contributed by atoms with Gasteiger partial charge in [0.1, 0.15) is 0 Å². The molecule has 0 radical (unpaired) electrons. The van der Waals surface area contributed by atoms with Gasteiger partial charge in [-0.2, -0.15) is 0 Å². The highest BCUT2D eigenvalue weighted by molar-refractivity contribution is 7.99. The summed E-state index contributed by atoms with van der Waals surface area (Å²) in [4.78, 5) is 13.6. The fourth-order valence-electron chi connectivity index (χ4n) is 3.20. The number of aliphatic hydroxyl groups excluding tert-OH is 1. The Hall–Kier alpha value is -2.26. The van der Waals surface area contributed by atoms with E-state index < -0.39 is 11.6 Å². The molecule has 0 aliphatic heterocycles. The highest BCUT2D eigenvalue weighted by Gasteiger charge is 2.39. The monoisotopic (exact) mass is 405 g/mol. The highest BCUT2D eigenvalue weighted by Crippen LogP contribution is 2.43. The first-order valence-electron chi connectivity index (χ1n) is 9.28. The SMILES string of the molecule is CCCSc1nc(N[C@@H]2C[C@H]2c2ccc(F)c(F)c2)c2ncn(CCO)c2n1. The molecule has 2 atom stereocenters. The van der Waals surface area contributed by atoms with Crippen LogP contribution in [0.15, 0.2) is 29.7 Å². The molecule has 6 nitrogen and oxygen atoms in total. The summed E-state index contributed by atoms with van der Waals surface area (Å²) >= 11 is 1.57. The number of anilines is 1. The molecule has 0 saturated heterocycles. The van der Waals surface area contributed by atoms with Crippen LogP contribution in [0.5, 0.6) is 0 Å². The predicted octanol–water partition coefficient (Wildman–Crippen LogP) is 3.57. The third-order valence-electron chi connectivity index (χ3n) is 4.70. The van der Waals surface area contributed by atoms with Gasteiger partial charge in [-0.15, -0.1) is 0 Å². The largest absolute Gasteiger partial charge is 0.395 e. The van der Waals surface area contributed by atoms with E-state index in [2.05, 4.69) is 27.2 Å². The number of imidazole rings is 1. The molecule has 1 fully saturated rings. The van der Waals surface area contributed by atoms with E-state index in [1.54, 1.807) is 28.7 Å². The number of aliphatic hydroxyl groups is 1. The van der Waals surface area contributed by atoms with Crippen molar-refractivity contribution in [2.75, 3.05) is 17.7 Å². The van der Waals surface area contributed by atoms with Crippen LogP contribution in [0.25, 0.3) is 11.2 Å². The van der Waals surface area contributed by atoms with Gasteiger partial charge in [0.05, 0.1) is 12.9 Å². The molecule has 1 saturated carbocycles. The lowest BCUT2D eigenvalue weighted by molar-refractivity contribution is 0.277. The lowest BCUT2D eigenvalue weighted by Crippen LogP contribution is -2.09. The van der Waals surface area contributed by atoms with Crippen LogP contribution in [0.1, 0.15) is 31.2 Å². The second-order valence-corrected chi connectivity index (χ2v) is 7.87. The van der Waals surface area contributed by atoms with Crippen LogP contribution >= 0.6 is 11.8 Å². The van der Waals surface area contributed by atoms with Crippen molar-refractivity contribution >= 4 is 28.7 Å². The number of halogens is 2. The summed E-state index contributed by atoms with van der Waals surface area (Å²) in [6.07, 6.45) is 3.46. The maximum absolute atomic E-state index is 13.5. The number of benzene rings is 1. The van der Waals surface area contributed by atoms with Crippen LogP contribution in [0.3, 0.4) is 0 Å². The van der Waals surface area contributed by atoms with Gasteiger partial charge in [-0.1, -0.05) is 24.8 Å². The molecule has 148 valence electrons. The Bertz CT molecular complexity index is 996. The van der Waals surface area contributed by atoms with E-state index in [1.165, 1.54) is 12.1 Å². The van der Waals surface area contributed by atoms with E-state index >= 15 is 0 Å². The van der Waals surface area contributed by atoms with Crippen molar-refractivity contribution in [2.24, 2.45) is 0 Å². The molecule has 2 aromatic heterocycles. The third-order valence-corrected chi connectivity index (χ3v) is 5.76. The molecule has 2 heterocycles. The summed E-state index contributed by atoms with van der Waals surface area (Å²) in [5, 5.41) is 13.3. The Morgan fingerprint density at radius 3 is 2.89 bits per heavy atom. The maximum atomic E-state index is 13.5. The normalized spacial score (nSPS) is 18.6. The van der Waals surface area contributed by atoms with E-state index in [4.69, 9.17) is 0 Å². The number of thioether (sulfide) groups is 1. The van der Waals surface area contributed by atoms with Crippen molar-refractivity contribution in [3.8, 4) is 0 Å². The minimum atomic E-state index is -0.835. The summed E-state index contributed by atoms with van der Waals surface area (Å²) in [6, 6.07) is 4.13. The van der Waals surface area contributed by atoms with Crippen LogP contribution in [0, 0.1) is 11.6 Å². The molecule has 1 aromatic carbocycles. The minimum absolute atomic E-state index is 0.00348. The zero-order chi connectivity index (χ0) is 19.7. The number of nitrogens with one attached hydrogen (secondary N) is 1. The second kappa shape index (κ2) is 8.00. The Balaban J connectivity index is 1.59. The van der Waals surface area contributed by atoms with Crippen LogP contribution in [-0.4, -0.2) is 43.0 Å². The quantitative estimate of drug-likeness (QED) is 0.441. The summed E-state index contributed by atoms with van der Waals surface area (Å²) in [7, 11) is 0. The number of hydrogen-bond donors (Lipinski definition) is 2. The zero-order valence-electron chi connectivity index (χ0n) is 15.4. The molecule has 4 rings (SSSR count). The van der Waals surface area contributed by atoms with Gasteiger partial charge in [-0.3, -0.25) is 0 Å². The van der Waals surface area contributed by atoms with E-state index in [9.17, 15) is 13.9 Å². The van der Waals surface area contributed by atoms with Crippen LogP contribution in [0.2, 0.25) is 0 Å². The number of fused-ring (bicyclic) bond motifs is 1. The molecule has 0 amide bonds. The lowest BCUT2D eigenvalue weighted by Gasteiger charge is -2.09. The van der Waals surface area contributed by atoms with Gasteiger partial charge < -0.3 is 15.0 Å². The molecular formula is C19H21F2N5OS. The first kappa shape index (κ1) is 19.1. The first-order valence-corrected chi connectivity index (χ1v) is 10.3. The number of aromatic nitrogens is 4. The molecule has 2 N–H and O–H groups in total. The molecule has 1 aliphatic rings. The molecule has 1 aliphatic carbocycles. The Labute approximate surface area is 165 Å². The topological polar surface area (TPSA) is 75.9 Å². The molecule has 3 aromatic rings. The van der Waals surface area contributed by atoms with Crippen molar-refractivity contribution in [2.45, 2.75) is 43.4 Å². The van der Waals surface area contributed by atoms with E-state index in [-0.39, 0.29) is 18.6 Å². The standard InChI is InChI=1S/C19H21F2N5OS/c1-2-7-28-19-24-17(16-18(25-19)26(5-6-27)10-22-16)23-15-9-12(15)11-3-4-13(20)14(21)8-11/h3-4,8,10,12,15,27H,2,5-7,9H2,1H3,(H,23,24,25)/t12-,15+/m0/s1. The Morgan fingerprint density at radius 1 is 1.29 bits per heavy atom. The smallest absolute Gasteiger partial charge is 0.191 e. The average Bonchev–Trinajstić information content (AvgIpc) is 3.33. The number of rotatable bonds is 8. The summed E-state index contributed by atoms with van der Waals surface area (Å²) in [5.74, 6) is -0.0197. The molecule has 0 bridgehead atoms. The van der Waals surface area contributed by atoms with Crippen molar-refractivity contribution < 1.29 is 13.9 Å². The van der Waals surface area contributed by atoms with Crippen LogP contribution in [0.4, 0.5) is 14.6 Å². The van der Waals surface area contributed by atoms with E-state index in [1.807, 2.05) is 0 Å². The molecule has 9 heteroatoms. The zero-order valence-corrected chi connectivity index (χ0v) is 16.2. The molecule has 0 unspecified atom stereocenters. The van der Waals surface area contributed by atoms with Gasteiger partial charge in [-0.25, -0.2) is 23.7 Å². The highest BCUT2D eigenvalue weighted by atomic mass is 32.2. The fraction of sp³-hybridized carbons (Fsp3) is 0.421.